The lowest BCUT2D eigenvalue weighted by molar-refractivity contribution is -0.558. The van der Waals surface area contributed by atoms with Crippen molar-refractivity contribution in [2.45, 2.75) is 38.8 Å². The highest BCUT2D eigenvalue weighted by molar-refractivity contribution is 6.50. The number of hydrogen-bond acceptors (Lipinski definition) is 0. The molecule has 2 rings (SSSR count). The zero-order chi connectivity index (χ0) is 18.4. The lowest BCUT2D eigenvalue weighted by atomic mass is 9.88. The molecule has 24 heavy (non-hydrogen) atoms. The average Bonchev–Trinajstić information content (AvgIpc) is 2.44. The average molecular weight is 468 g/mol. The van der Waals surface area contributed by atoms with E-state index >= 15 is 0 Å². The molecule has 0 N–H and O–H groups in total. The second-order valence-electron chi connectivity index (χ2n) is 5.56. The van der Waals surface area contributed by atoms with E-state index in [1.165, 1.54) is 30.5 Å². The minimum Gasteiger partial charge on any atom is -0.418 e. The summed E-state index contributed by atoms with van der Waals surface area (Å²) < 4.78 is 79.9. The fourth-order valence-corrected chi connectivity index (χ4v) is 4.47. The smallest absolute Gasteiger partial charge is 0.418 e. The second kappa shape index (κ2) is 9.10. The summed E-state index contributed by atoms with van der Waals surface area (Å²) in [6.45, 7) is 2.26. The lowest BCUT2D eigenvalue weighted by Gasteiger charge is -2.18. The van der Waals surface area contributed by atoms with Crippen molar-refractivity contribution in [2.75, 3.05) is 0 Å². The van der Waals surface area contributed by atoms with Crippen LogP contribution in [0.15, 0.2) is 33.9 Å². The maximum Gasteiger partial charge on any atom is 0.673 e. The van der Waals surface area contributed by atoms with Crippen molar-refractivity contribution >= 4 is 7.25 Å². The molecular formula is C15H17BF7I. The maximum atomic E-state index is 12.6. The Bertz CT molecular complexity index is 535. The van der Waals surface area contributed by atoms with Crippen LogP contribution in [0.4, 0.5) is 30.4 Å². The van der Waals surface area contributed by atoms with Crippen LogP contribution in [0.25, 0.3) is 0 Å². The molecular weight excluding hydrogens is 451 g/mol. The van der Waals surface area contributed by atoms with Gasteiger partial charge in [0.05, 0.1) is 5.56 Å². The van der Waals surface area contributed by atoms with Gasteiger partial charge in [-0.05, 0) is 49.3 Å². The minimum absolute atomic E-state index is 0.440. The Kier molecular flexibility index (Phi) is 8.08. The van der Waals surface area contributed by atoms with E-state index in [1.807, 2.05) is 6.07 Å². The molecule has 1 aromatic carbocycles. The van der Waals surface area contributed by atoms with Crippen LogP contribution in [0.5, 0.6) is 0 Å². The fourth-order valence-electron chi connectivity index (χ4n) is 2.11. The number of alkyl halides is 3. The molecule has 0 aliphatic heterocycles. The summed E-state index contributed by atoms with van der Waals surface area (Å²) >= 11 is -0.440. The molecule has 1 aromatic rings. The summed E-state index contributed by atoms with van der Waals surface area (Å²) in [7, 11) is -6.00. The molecule has 0 saturated heterocycles. The zero-order valence-electron chi connectivity index (χ0n) is 12.9. The molecule has 9 heteroatoms. The highest BCUT2D eigenvalue weighted by Gasteiger charge is 2.31. The normalized spacial score (nSPS) is 18.7. The van der Waals surface area contributed by atoms with E-state index in [1.54, 1.807) is 0 Å². The summed E-state index contributed by atoms with van der Waals surface area (Å²) in [6.07, 6.45) is 0.461. The minimum atomic E-state index is -6.00. The van der Waals surface area contributed by atoms with Crippen molar-refractivity contribution in [3.05, 3.63) is 43.1 Å². The molecule has 0 unspecified atom stereocenters. The molecule has 0 spiro atoms. The van der Waals surface area contributed by atoms with Gasteiger partial charge in [0, 0.05) is 6.07 Å². The largest absolute Gasteiger partial charge is 0.673 e. The van der Waals surface area contributed by atoms with Crippen LogP contribution in [0.1, 0.15) is 38.2 Å². The summed E-state index contributed by atoms with van der Waals surface area (Å²) in [4.78, 5) is 0. The highest BCUT2D eigenvalue weighted by atomic mass is 127. The summed E-state index contributed by atoms with van der Waals surface area (Å²) in [5.74, 6) is 0.795. The van der Waals surface area contributed by atoms with Gasteiger partial charge in [-0.25, -0.2) is 0 Å². The highest BCUT2D eigenvalue weighted by Crippen LogP contribution is 2.28. The van der Waals surface area contributed by atoms with E-state index in [2.05, 4.69) is 11.0 Å². The Labute approximate surface area is 146 Å². The van der Waals surface area contributed by atoms with Crippen molar-refractivity contribution in [3.8, 4) is 0 Å². The van der Waals surface area contributed by atoms with Gasteiger partial charge < -0.3 is 17.3 Å². The third-order valence-corrected chi connectivity index (χ3v) is 5.99. The molecule has 0 nitrogen and oxygen atoms in total. The number of rotatable bonds is 2. The first-order chi connectivity index (χ1) is 10.9. The maximum absolute atomic E-state index is 12.6. The number of allylic oxidation sites excluding steroid dienone is 1. The summed E-state index contributed by atoms with van der Waals surface area (Å²) in [5, 5.41) is 0. The van der Waals surface area contributed by atoms with E-state index in [9.17, 15) is 30.4 Å². The third-order valence-electron chi connectivity index (χ3n) is 3.40. The molecule has 0 aromatic heterocycles. The first-order valence-electron chi connectivity index (χ1n) is 7.31. The third kappa shape index (κ3) is 9.53. The molecule has 0 heterocycles. The number of hydrogen-bond donors (Lipinski definition) is 0. The van der Waals surface area contributed by atoms with Gasteiger partial charge in [-0.2, -0.15) is 13.2 Å². The quantitative estimate of drug-likeness (QED) is 0.355. The predicted octanol–water partition coefficient (Wildman–Crippen LogP) is 3.36. The van der Waals surface area contributed by atoms with Gasteiger partial charge in [-0.15, -0.1) is 0 Å². The topological polar surface area (TPSA) is 0 Å². The van der Waals surface area contributed by atoms with E-state index in [4.69, 9.17) is 0 Å². The van der Waals surface area contributed by atoms with E-state index in [-0.39, 0.29) is 0 Å². The molecule has 136 valence electrons. The standard InChI is InChI=1S/C15H17F3I.BF4/c1-11-5-7-12(8-6-11)10-19-14-4-2-3-13(9-14)15(16,17)18;2-1(3,4)5/h2-4,9-11H,5-8H2,1H3;/q+1;-1. The molecule has 1 aliphatic rings. The predicted molar refractivity (Wildman–Crippen MR) is 76.0 cm³/mol. The van der Waals surface area contributed by atoms with Crippen molar-refractivity contribution in [1.82, 2.24) is 0 Å². The van der Waals surface area contributed by atoms with Crippen LogP contribution in [0, 0.1) is 9.49 Å². The Hall–Kier alpha value is -0.735. The molecule has 0 atom stereocenters. The van der Waals surface area contributed by atoms with Gasteiger partial charge in [0.2, 0.25) is 0 Å². The molecule has 0 radical (unpaired) electrons. The van der Waals surface area contributed by atoms with Crippen LogP contribution in [-0.2, 0) is 6.18 Å². The van der Waals surface area contributed by atoms with Gasteiger partial charge in [-0.1, -0.05) is 13.0 Å². The second-order valence-corrected chi connectivity index (χ2v) is 8.05. The molecule has 0 bridgehead atoms. The Morgan fingerprint density at radius 2 is 1.62 bits per heavy atom. The van der Waals surface area contributed by atoms with Crippen LogP contribution in [-0.4, -0.2) is 7.25 Å². The van der Waals surface area contributed by atoms with Gasteiger partial charge in [0.15, 0.2) is 7.65 Å². The van der Waals surface area contributed by atoms with Crippen LogP contribution in [0.3, 0.4) is 0 Å². The molecule has 1 aliphatic carbocycles. The van der Waals surface area contributed by atoms with Gasteiger partial charge in [-0.3, -0.25) is 0 Å². The van der Waals surface area contributed by atoms with Gasteiger partial charge >= 0.3 is 34.6 Å². The zero-order valence-corrected chi connectivity index (χ0v) is 15.1. The Morgan fingerprint density at radius 3 is 2.12 bits per heavy atom. The van der Waals surface area contributed by atoms with Crippen LogP contribution < -0.4 is 21.2 Å². The monoisotopic (exact) mass is 468 g/mol. The molecule has 1 saturated carbocycles. The van der Waals surface area contributed by atoms with Gasteiger partial charge in [0.1, 0.15) is 0 Å². The van der Waals surface area contributed by atoms with Crippen molar-refractivity contribution in [3.63, 3.8) is 0 Å². The van der Waals surface area contributed by atoms with Crippen LogP contribution in [0.2, 0.25) is 0 Å². The Morgan fingerprint density at radius 1 is 1.08 bits per heavy atom. The van der Waals surface area contributed by atoms with E-state index in [0.717, 1.165) is 28.4 Å². The first kappa shape index (κ1) is 21.3. The van der Waals surface area contributed by atoms with E-state index < -0.39 is 40.2 Å². The summed E-state index contributed by atoms with van der Waals surface area (Å²) in [6, 6.07) is 5.77. The van der Waals surface area contributed by atoms with Crippen LogP contribution >= 0.6 is 0 Å². The van der Waals surface area contributed by atoms with E-state index in [0.29, 0.717) is 0 Å². The summed E-state index contributed by atoms with van der Waals surface area (Å²) in [5.41, 5.74) is 0.920. The van der Waals surface area contributed by atoms with Gasteiger partial charge in [0.25, 0.3) is 0 Å². The van der Waals surface area contributed by atoms with Crippen molar-refractivity contribution < 1.29 is 51.6 Å². The molecule has 1 fully saturated rings. The molecule has 0 amide bonds. The Balaban J connectivity index is 0.000000505. The van der Waals surface area contributed by atoms with Crippen molar-refractivity contribution in [2.24, 2.45) is 5.92 Å². The van der Waals surface area contributed by atoms with Crippen molar-refractivity contribution in [1.29, 1.82) is 0 Å². The lowest BCUT2D eigenvalue weighted by Crippen LogP contribution is -3.59. The number of benzene rings is 1. The fraction of sp³-hybridized carbons (Fsp3) is 0.467. The SMILES string of the molecule is CC1CCC(=C[I+]c2cccc(C(F)(F)F)c2)CC1.F[B-](F)(F)F. The number of halogens is 8. The first-order valence-corrected chi connectivity index (χ1v) is 9.63.